The molecule has 4 heteroatoms. The van der Waals surface area contributed by atoms with E-state index in [2.05, 4.69) is 10.6 Å². The summed E-state index contributed by atoms with van der Waals surface area (Å²) in [6.45, 7) is 0. The van der Waals surface area contributed by atoms with Crippen molar-refractivity contribution in [2.75, 3.05) is 0 Å². The first-order valence-corrected chi connectivity index (χ1v) is 5.85. The Morgan fingerprint density at radius 3 is 2.50 bits per heavy atom. The van der Waals surface area contributed by atoms with Crippen molar-refractivity contribution in [2.45, 2.75) is 38.1 Å². The quantitative estimate of drug-likeness (QED) is 0.482. The first kappa shape index (κ1) is 10.9. The third kappa shape index (κ3) is 2.95. The molecule has 0 bridgehead atoms. The highest BCUT2D eigenvalue weighted by atomic mass is 16.5. The third-order valence-corrected chi connectivity index (χ3v) is 2.91. The molecule has 1 aromatic carbocycles. The SMILES string of the molecule is [O-]/[N+](=N\NC1CCCCC1)c1ccccc1. The Balaban J connectivity index is 1.91. The average Bonchev–Trinajstić information content (AvgIpc) is 2.38. The van der Waals surface area contributed by atoms with Crippen molar-refractivity contribution in [3.05, 3.63) is 35.5 Å². The maximum absolute atomic E-state index is 11.6. The molecule has 1 saturated carbocycles. The zero-order valence-corrected chi connectivity index (χ0v) is 9.30. The highest BCUT2D eigenvalue weighted by molar-refractivity contribution is 5.27. The molecule has 1 aliphatic rings. The van der Waals surface area contributed by atoms with E-state index in [0.717, 1.165) is 12.8 Å². The molecule has 86 valence electrons. The van der Waals surface area contributed by atoms with Crippen LogP contribution in [0.5, 0.6) is 0 Å². The molecule has 1 aromatic rings. The summed E-state index contributed by atoms with van der Waals surface area (Å²) in [5.74, 6) is 0. The molecular weight excluding hydrogens is 202 g/mol. The number of nitrogens with zero attached hydrogens (tertiary/aromatic N) is 2. The van der Waals surface area contributed by atoms with E-state index >= 15 is 0 Å². The second-order valence-corrected chi connectivity index (χ2v) is 4.17. The summed E-state index contributed by atoms with van der Waals surface area (Å²) < 4.78 is 0. The lowest BCUT2D eigenvalue weighted by Crippen LogP contribution is -2.27. The van der Waals surface area contributed by atoms with Gasteiger partial charge in [-0.25, -0.2) is 0 Å². The van der Waals surface area contributed by atoms with E-state index in [9.17, 15) is 5.21 Å². The Hall–Kier alpha value is -1.58. The third-order valence-electron chi connectivity index (χ3n) is 2.91. The molecule has 0 aliphatic heterocycles. The summed E-state index contributed by atoms with van der Waals surface area (Å²) in [5.41, 5.74) is 3.52. The van der Waals surface area contributed by atoms with E-state index in [1.807, 2.05) is 18.2 Å². The Kier molecular flexibility index (Phi) is 3.75. The van der Waals surface area contributed by atoms with Crippen LogP contribution in [0.15, 0.2) is 35.6 Å². The van der Waals surface area contributed by atoms with Gasteiger partial charge < -0.3 is 5.21 Å². The molecule has 0 atom stereocenters. The molecule has 16 heavy (non-hydrogen) atoms. The van der Waals surface area contributed by atoms with Crippen molar-refractivity contribution >= 4 is 5.69 Å². The van der Waals surface area contributed by atoms with Gasteiger partial charge in [0, 0.05) is 0 Å². The average molecular weight is 219 g/mol. The molecule has 1 aliphatic carbocycles. The monoisotopic (exact) mass is 219 g/mol. The normalized spacial score (nSPS) is 18.4. The Morgan fingerprint density at radius 2 is 1.81 bits per heavy atom. The lowest BCUT2D eigenvalue weighted by molar-refractivity contribution is -0.449. The highest BCUT2D eigenvalue weighted by Crippen LogP contribution is 2.17. The van der Waals surface area contributed by atoms with Crippen molar-refractivity contribution in [2.24, 2.45) is 5.22 Å². The van der Waals surface area contributed by atoms with E-state index < -0.39 is 0 Å². The first-order valence-electron chi connectivity index (χ1n) is 5.85. The minimum absolute atomic E-state index is 0.369. The molecule has 0 radical (unpaired) electrons. The van der Waals surface area contributed by atoms with E-state index in [4.69, 9.17) is 0 Å². The van der Waals surface area contributed by atoms with Crippen LogP contribution < -0.4 is 5.43 Å². The predicted molar refractivity (Wildman–Crippen MR) is 62.2 cm³/mol. The molecule has 0 unspecified atom stereocenters. The lowest BCUT2D eigenvalue weighted by atomic mass is 9.96. The molecule has 0 aromatic heterocycles. The van der Waals surface area contributed by atoms with Gasteiger partial charge in [-0.2, -0.15) is 5.43 Å². The predicted octanol–water partition coefficient (Wildman–Crippen LogP) is 3.12. The molecule has 1 fully saturated rings. The number of rotatable bonds is 3. The molecule has 1 N–H and O–H groups in total. The smallest absolute Gasteiger partial charge is 0.154 e. The largest absolute Gasteiger partial charge is 0.691 e. The van der Waals surface area contributed by atoms with Crippen molar-refractivity contribution in [3.63, 3.8) is 0 Å². The van der Waals surface area contributed by atoms with Gasteiger partial charge in [-0.15, -0.1) is 4.86 Å². The maximum Gasteiger partial charge on any atom is 0.154 e. The molecule has 0 amide bonds. The lowest BCUT2D eigenvalue weighted by Gasteiger charge is -2.17. The second kappa shape index (κ2) is 5.49. The molecule has 0 saturated heterocycles. The zero-order valence-electron chi connectivity index (χ0n) is 9.30. The highest BCUT2D eigenvalue weighted by Gasteiger charge is 2.15. The molecule has 4 nitrogen and oxygen atoms in total. The van der Waals surface area contributed by atoms with Gasteiger partial charge in [0.2, 0.25) is 0 Å². The minimum atomic E-state index is 0.369. The van der Waals surface area contributed by atoms with Gasteiger partial charge in [0.15, 0.2) is 5.69 Å². The summed E-state index contributed by atoms with van der Waals surface area (Å²) >= 11 is 0. The number of hydrogen-bond donors (Lipinski definition) is 1. The van der Waals surface area contributed by atoms with Gasteiger partial charge in [0.05, 0.1) is 5.22 Å². The van der Waals surface area contributed by atoms with Crippen LogP contribution in [0.3, 0.4) is 0 Å². The number of hydrogen-bond acceptors (Lipinski definition) is 2. The topological polar surface area (TPSA) is 50.5 Å². The van der Waals surface area contributed by atoms with Crippen molar-refractivity contribution in [3.8, 4) is 0 Å². The van der Waals surface area contributed by atoms with Gasteiger partial charge in [-0.05, 0) is 37.8 Å². The first-order chi connectivity index (χ1) is 7.86. The number of nitrogens with one attached hydrogen (secondary N) is 1. The molecular formula is C12H17N3O. The van der Waals surface area contributed by atoms with E-state index in [1.165, 1.54) is 19.3 Å². The summed E-state index contributed by atoms with van der Waals surface area (Å²) in [7, 11) is 0. The van der Waals surface area contributed by atoms with Crippen molar-refractivity contribution in [1.29, 1.82) is 0 Å². The van der Waals surface area contributed by atoms with Gasteiger partial charge in [-0.1, -0.05) is 24.6 Å². The summed E-state index contributed by atoms with van der Waals surface area (Å²) in [5, 5.41) is 15.4. The second-order valence-electron chi connectivity index (χ2n) is 4.17. The summed E-state index contributed by atoms with van der Waals surface area (Å²) in [4.78, 5) is 0.647. The van der Waals surface area contributed by atoms with Crippen LogP contribution in [0.1, 0.15) is 32.1 Å². The van der Waals surface area contributed by atoms with Gasteiger partial charge >= 0.3 is 0 Å². The Bertz CT molecular complexity index is 345. The van der Waals surface area contributed by atoms with Crippen LogP contribution in [-0.4, -0.2) is 10.9 Å². The molecule has 0 spiro atoms. The Morgan fingerprint density at radius 1 is 1.12 bits per heavy atom. The van der Waals surface area contributed by atoms with Crippen molar-refractivity contribution in [1.82, 2.24) is 5.43 Å². The standard InChI is InChI=1S/C12H17N3O/c16-15(12-9-5-2-6-10-12)14-13-11-7-3-1-4-8-11/h2,5-6,9-11,13H,1,3-4,7-8H2/b15-14-. The van der Waals surface area contributed by atoms with Crippen molar-refractivity contribution < 1.29 is 4.86 Å². The van der Waals surface area contributed by atoms with Crippen LogP contribution in [-0.2, 0) is 0 Å². The van der Waals surface area contributed by atoms with Crippen LogP contribution in [0.4, 0.5) is 5.69 Å². The molecule has 0 heterocycles. The van der Waals surface area contributed by atoms with Gasteiger partial charge in [0.1, 0.15) is 6.04 Å². The fraction of sp³-hybridized carbons (Fsp3) is 0.500. The summed E-state index contributed by atoms with van der Waals surface area (Å²) in [6, 6.07) is 9.41. The molecule has 2 rings (SSSR count). The van der Waals surface area contributed by atoms with E-state index in [1.54, 1.807) is 12.1 Å². The van der Waals surface area contributed by atoms with Crippen LogP contribution in [0.25, 0.3) is 0 Å². The van der Waals surface area contributed by atoms with Crippen LogP contribution in [0, 0.1) is 5.21 Å². The fourth-order valence-corrected chi connectivity index (χ4v) is 1.98. The van der Waals surface area contributed by atoms with E-state index in [0.29, 0.717) is 16.6 Å². The minimum Gasteiger partial charge on any atom is -0.691 e. The fourth-order valence-electron chi connectivity index (χ4n) is 1.98. The maximum atomic E-state index is 11.6. The Labute approximate surface area is 95.5 Å². The zero-order chi connectivity index (χ0) is 11.2. The van der Waals surface area contributed by atoms with Gasteiger partial charge in [-0.3, -0.25) is 0 Å². The van der Waals surface area contributed by atoms with Crippen LogP contribution in [0.2, 0.25) is 0 Å². The number of benzene rings is 1. The van der Waals surface area contributed by atoms with Gasteiger partial charge in [0.25, 0.3) is 0 Å². The number of para-hydroxylation sites is 1. The summed E-state index contributed by atoms with van der Waals surface area (Å²) in [6.07, 6.45) is 6.00. The van der Waals surface area contributed by atoms with E-state index in [-0.39, 0.29) is 0 Å². The van der Waals surface area contributed by atoms with Crippen LogP contribution >= 0.6 is 0 Å².